The van der Waals surface area contributed by atoms with Gasteiger partial charge in [0.1, 0.15) is 23.8 Å². The van der Waals surface area contributed by atoms with Crippen LogP contribution in [-0.2, 0) is 18.0 Å². The number of nitrogen functional groups attached to an aromatic ring is 1. The van der Waals surface area contributed by atoms with E-state index in [1.165, 1.54) is 6.33 Å². The summed E-state index contributed by atoms with van der Waals surface area (Å²) in [6, 6.07) is 0. The van der Waals surface area contributed by atoms with E-state index in [0.29, 0.717) is 28.9 Å². The maximum Gasteiger partial charge on any atom is 0.343 e. The van der Waals surface area contributed by atoms with Crippen LogP contribution in [0.15, 0.2) is 6.33 Å². The number of halogens is 1. The molecular formula is C23H41ClN5O5Si2. The number of hydrogen-bond donors (Lipinski definition) is 2. The zero-order valence-corrected chi connectivity index (χ0v) is 25.5. The molecule has 0 unspecified atom stereocenters. The Balaban J connectivity index is 2.00. The molecular weight excluding hydrogens is 518 g/mol. The highest BCUT2D eigenvalue weighted by atomic mass is 35.5. The smallest absolute Gasteiger partial charge is 0.343 e. The number of nitrogens with two attached hydrogens (primary N) is 1. The Kier molecular flexibility index (Phi) is 9.59. The maximum absolute atomic E-state index is 11.6. The highest BCUT2D eigenvalue weighted by molar-refractivity contribution is 6.70. The van der Waals surface area contributed by atoms with Crippen LogP contribution < -0.4 is 5.73 Å². The van der Waals surface area contributed by atoms with Crippen LogP contribution in [0.3, 0.4) is 0 Å². The van der Waals surface area contributed by atoms with Crippen LogP contribution in [-0.4, -0.2) is 74.3 Å². The third kappa shape index (κ3) is 5.65. The molecule has 1 saturated heterocycles. The van der Waals surface area contributed by atoms with Gasteiger partial charge in [0, 0.05) is 7.11 Å². The second-order valence-electron chi connectivity index (χ2n) is 10.6. The second kappa shape index (κ2) is 11.7. The van der Waals surface area contributed by atoms with Gasteiger partial charge in [0.15, 0.2) is 17.7 Å². The molecule has 0 bridgehead atoms. The quantitative estimate of drug-likeness (QED) is 0.304. The first-order valence-electron chi connectivity index (χ1n) is 12.6. The molecule has 203 valence electrons. The van der Waals surface area contributed by atoms with Gasteiger partial charge < -0.3 is 28.9 Å². The Bertz CT molecular complexity index is 1010. The lowest BCUT2D eigenvalue weighted by atomic mass is 10.1. The van der Waals surface area contributed by atoms with Crippen LogP contribution >= 0.6 is 11.6 Å². The van der Waals surface area contributed by atoms with Crippen molar-refractivity contribution in [1.82, 2.24) is 19.5 Å². The molecule has 2 aromatic heterocycles. The standard InChI is InChI=1S/C23H41ClN5O5Si2/c1-12(2)35(13(3)4)32-10-16-19(34-36(31-9,14(5)6)15(7)8)18(30)22(33-16)29-11-26-17-20(25)27-23(24)28-21(17)29/h11-16,18-19,22,30H,10H2,1-9H3,(H2,25,27,28)/t16-,18+,19-,22-/m1/s1. The molecule has 0 amide bonds. The molecule has 4 atom stereocenters. The average molecular weight is 559 g/mol. The molecule has 3 rings (SSSR count). The lowest BCUT2D eigenvalue weighted by molar-refractivity contribution is -0.0486. The molecule has 1 fully saturated rings. The minimum absolute atomic E-state index is 0.00606. The first-order valence-corrected chi connectivity index (χ1v) is 16.5. The van der Waals surface area contributed by atoms with Crippen LogP contribution in [0, 0.1) is 0 Å². The van der Waals surface area contributed by atoms with Crippen molar-refractivity contribution in [3.05, 3.63) is 11.6 Å². The summed E-state index contributed by atoms with van der Waals surface area (Å²) in [6.45, 7) is 17.4. The van der Waals surface area contributed by atoms with Gasteiger partial charge in [-0.3, -0.25) is 4.57 Å². The normalized spacial score (nSPS) is 23.4. The molecule has 1 radical (unpaired) electrons. The van der Waals surface area contributed by atoms with Crippen molar-refractivity contribution < 1.29 is 23.1 Å². The highest BCUT2D eigenvalue weighted by Gasteiger charge is 2.54. The first kappa shape index (κ1) is 29.4. The number of aliphatic hydroxyl groups excluding tert-OH is 1. The average Bonchev–Trinajstić information content (AvgIpc) is 3.32. The van der Waals surface area contributed by atoms with Crippen LogP contribution in [0.1, 0.15) is 61.6 Å². The number of hydrogen-bond acceptors (Lipinski definition) is 9. The van der Waals surface area contributed by atoms with Gasteiger partial charge >= 0.3 is 8.56 Å². The summed E-state index contributed by atoms with van der Waals surface area (Å²) in [4.78, 5) is 12.6. The first-order chi connectivity index (χ1) is 16.8. The summed E-state index contributed by atoms with van der Waals surface area (Å²) in [7, 11) is -2.16. The zero-order chi connectivity index (χ0) is 26.9. The summed E-state index contributed by atoms with van der Waals surface area (Å²) >= 11 is 6.07. The largest absolute Gasteiger partial charge is 0.413 e. The number of aliphatic hydroxyl groups is 1. The van der Waals surface area contributed by atoms with Crippen molar-refractivity contribution >= 4 is 46.2 Å². The Morgan fingerprint density at radius 1 is 1.14 bits per heavy atom. The molecule has 10 nitrogen and oxygen atoms in total. The van der Waals surface area contributed by atoms with E-state index >= 15 is 0 Å². The Morgan fingerprint density at radius 3 is 2.28 bits per heavy atom. The summed E-state index contributed by atoms with van der Waals surface area (Å²) < 4.78 is 27.4. The van der Waals surface area contributed by atoms with Gasteiger partial charge in [-0.2, -0.15) is 9.97 Å². The molecule has 36 heavy (non-hydrogen) atoms. The van der Waals surface area contributed by atoms with Crippen molar-refractivity contribution in [2.45, 2.75) is 102 Å². The summed E-state index contributed by atoms with van der Waals surface area (Å²) in [5.74, 6) is 0.162. The number of ether oxygens (including phenoxy) is 1. The molecule has 0 saturated carbocycles. The third-order valence-corrected chi connectivity index (χ3v) is 14.2. The van der Waals surface area contributed by atoms with Crippen molar-refractivity contribution in [1.29, 1.82) is 0 Å². The van der Waals surface area contributed by atoms with Gasteiger partial charge in [0.2, 0.25) is 14.3 Å². The van der Waals surface area contributed by atoms with Crippen LogP contribution in [0.2, 0.25) is 27.4 Å². The number of nitrogens with zero attached hydrogens (tertiary/aromatic N) is 4. The van der Waals surface area contributed by atoms with Crippen molar-refractivity contribution in [3.63, 3.8) is 0 Å². The molecule has 1 aliphatic heterocycles. The number of anilines is 1. The molecule has 0 aromatic carbocycles. The fourth-order valence-electron chi connectivity index (χ4n) is 5.18. The molecule has 2 aromatic rings. The number of rotatable bonds is 11. The molecule has 3 heterocycles. The van der Waals surface area contributed by atoms with Crippen LogP contribution in [0.5, 0.6) is 0 Å². The Labute approximate surface area is 221 Å². The predicted molar refractivity (Wildman–Crippen MR) is 144 cm³/mol. The monoisotopic (exact) mass is 558 g/mol. The van der Waals surface area contributed by atoms with Gasteiger partial charge in [-0.15, -0.1) is 0 Å². The Morgan fingerprint density at radius 2 is 1.75 bits per heavy atom. The lowest BCUT2D eigenvalue weighted by Crippen LogP contribution is -2.54. The van der Waals surface area contributed by atoms with Crippen molar-refractivity contribution in [2.75, 3.05) is 19.5 Å². The number of aromatic nitrogens is 4. The molecule has 0 spiro atoms. The Hall–Kier alpha value is -1.13. The molecule has 1 aliphatic rings. The van der Waals surface area contributed by atoms with Crippen molar-refractivity contribution in [3.8, 4) is 0 Å². The van der Waals surface area contributed by atoms with E-state index in [1.807, 2.05) is 0 Å². The number of fused-ring (bicyclic) bond motifs is 1. The van der Waals surface area contributed by atoms with E-state index in [1.54, 1.807) is 11.7 Å². The fraction of sp³-hybridized carbons (Fsp3) is 0.783. The van der Waals surface area contributed by atoms with E-state index < -0.39 is 42.1 Å². The second-order valence-corrected chi connectivity index (χ2v) is 18.7. The minimum Gasteiger partial charge on any atom is -0.413 e. The summed E-state index contributed by atoms with van der Waals surface area (Å²) in [6.07, 6.45) is -1.51. The maximum atomic E-state index is 11.6. The summed E-state index contributed by atoms with van der Waals surface area (Å²) in [5, 5.41) is 11.6. The van der Waals surface area contributed by atoms with Crippen LogP contribution in [0.25, 0.3) is 11.2 Å². The lowest BCUT2D eigenvalue weighted by Gasteiger charge is -2.40. The molecule has 3 N–H and O–H groups in total. The predicted octanol–water partition coefficient (Wildman–Crippen LogP) is 4.44. The topological polar surface area (TPSA) is 127 Å². The fourth-order valence-corrected chi connectivity index (χ4v) is 11.3. The van der Waals surface area contributed by atoms with E-state index in [4.69, 9.17) is 35.3 Å². The number of imidazole rings is 1. The van der Waals surface area contributed by atoms with Crippen molar-refractivity contribution in [2.24, 2.45) is 0 Å². The highest BCUT2D eigenvalue weighted by Crippen LogP contribution is 2.41. The van der Waals surface area contributed by atoms with Gasteiger partial charge in [-0.1, -0.05) is 55.4 Å². The van der Waals surface area contributed by atoms with Gasteiger partial charge in [0.25, 0.3) is 0 Å². The van der Waals surface area contributed by atoms with E-state index in [-0.39, 0.29) is 22.2 Å². The molecule has 13 heteroatoms. The van der Waals surface area contributed by atoms with Crippen LogP contribution in [0.4, 0.5) is 5.82 Å². The SMILES string of the molecule is CO[Si](O[C@H]1[C@H](O)[C@H](n2cnc3c(N)nc(Cl)nc32)O[C@@H]1CO[Si](C(C)C)C(C)C)(C(C)C)C(C)C. The van der Waals surface area contributed by atoms with E-state index in [0.717, 1.165) is 0 Å². The molecule has 0 aliphatic carbocycles. The van der Waals surface area contributed by atoms with Gasteiger partial charge in [-0.05, 0) is 33.8 Å². The third-order valence-electron chi connectivity index (χ3n) is 6.81. The van der Waals surface area contributed by atoms with Gasteiger partial charge in [0.05, 0.1) is 12.9 Å². The van der Waals surface area contributed by atoms with Gasteiger partial charge in [-0.25, -0.2) is 4.98 Å². The van der Waals surface area contributed by atoms with E-state index in [9.17, 15) is 5.11 Å². The minimum atomic E-state index is -2.74. The summed E-state index contributed by atoms with van der Waals surface area (Å²) in [5.41, 5.74) is 7.93. The zero-order valence-electron chi connectivity index (χ0n) is 22.7. The van der Waals surface area contributed by atoms with E-state index in [2.05, 4.69) is 70.3 Å².